The minimum absolute atomic E-state index is 0.106. The average Bonchev–Trinajstić information content (AvgIpc) is 3.25. The van der Waals surface area contributed by atoms with Gasteiger partial charge in [0.05, 0.1) is 5.69 Å². The van der Waals surface area contributed by atoms with Crippen LogP contribution >= 0.6 is 0 Å². The van der Waals surface area contributed by atoms with Crippen LogP contribution in [0.3, 0.4) is 0 Å². The molecule has 1 heterocycles. The van der Waals surface area contributed by atoms with E-state index in [1.54, 1.807) is 44.2 Å². The van der Waals surface area contributed by atoms with Crippen LogP contribution in [0.5, 0.6) is 0 Å². The molecule has 1 atom stereocenters. The largest absolute Gasteiger partial charge is 0.450 e. The van der Waals surface area contributed by atoms with Crippen molar-refractivity contribution in [2.75, 3.05) is 5.32 Å². The highest BCUT2D eigenvalue weighted by molar-refractivity contribution is 6.02. The Morgan fingerprint density at radius 2 is 1.63 bits per heavy atom. The summed E-state index contributed by atoms with van der Waals surface area (Å²) in [5.41, 5.74) is 2.62. The molecule has 0 saturated heterocycles. The van der Waals surface area contributed by atoms with Crippen molar-refractivity contribution in [2.24, 2.45) is 5.92 Å². The maximum Gasteiger partial charge on any atom is 0.357 e. The topological polar surface area (TPSA) is 101 Å². The van der Waals surface area contributed by atoms with Gasteiger partial charge in [-0.1, -0.05) is 44.2 Å². The third kappa shape index (κ3) is 5.00. The second kappa shape index (κ2) is 9.17. The Morgan fingerprint density at radius 3 is 2.27 bits per heavy atom. The first-order chi connectivity index (χ1) is 14.3. The van der Waals surface area contributed by atoms with Crippen molar-refractivity contribution in [2.45, 2.75) is 26.9 Å². The van der Waals surface area contributed by atoms with Gasteiger partial charge in [0.2, 0.25) is 11.7 Å². The van der Waals surface area contributed by atoms with Gasteiger partial charge in [0.25, 0.3) is 0 Å². The maximum atomic E-state index is 12.6. The Hall–Kier alpha value is -3.74. The zero-order chi connectivity index (χ0) is 21.7. The lowest BCUT2D eigenvalue weighted by molar-refractivity contribution is -0.118. The highest BCUT2D eigenvalue weighted by Crippen LogP contribution is 2.18. The van der Waals surface area contributed by atoms with Gasteiger partial charge in [-0.15, -0.1) is 0 Å². The predicted octanol–water partition coefficient (Wildman–Crippen LogP) is 4.10. The molecular formula is C23H23N3O4. The van der Waals surface area contributed by atoms with Gasteiger partial charge in [-0.05, 0) is 37.3 Å². The number of Topliss-reactive ketones (excluding diaryl/α,β-unsaturated/α-hetero) is 1. The first-order valence-corrected chi connectivity index (χ1v) is 9.62. The van der Waals surface area contributed by atoms with Crippen LogP contribution in [0.25, 0.3) is 11.3 Å². The first-order valence-electron chi connectivity index (χ1n) is 9.62. The number of carbonyl (C=O) groups is 3. The Bertz CT molecular complexity index is 1040. The maximum absolute atomic E-state index is 12.6. The van der Waals surface area contributed by atoms with Gasteiger partial charge < -0.3 is 10.1 Å². The van der Waals surface area contributed by atoms with Crippen LogP contribution < -0.4 is 5.32 Å². The summed E-state index contributed by atoms with van der Waals surface area (Å²) in [6.07, 6.45) is -0.975. The van der Waals surface area contributed by atoms with Gasteiger partial charge in [-0.25, -0.2) is 4.79 Å². The van der Waals surface area contributed by atoms with E-state index in [9.17, 15) is 14.4 Å². The average molecular weight is 405 g/mol. The number of ketones is 1. The summed E-state index contributed by atoms with van der Waals surface area (Å²) in [4.78, 5) is 36.7. The third-order valence-corrected chi connectivity index (χ3v) is 4.48. The minimum Gasteiger partial charge on any atom is -0.450 e. The molecule has 0 aliphatic heterocycles. The molecule has 3 aromatic rings. The van der Waals surface area contributed by atoms with Crippen LogP contribution in [0.1, 0.15) is 41.6 Å². The van der Waals surface area contributed by atoms with Crippen molar-refractivity contribution in [3.63, 3.8) is 0 Å². The normalized spacial score (nSPS) is 11.7. The molecule has 7 nitrogen and oxygen atoms in total. The second-order valence-electron chi connectivity index (χ2n) is 7.17. The third-order valence-electron chi connectivity index (χ3n) is 4.48. The van der Waals surface area contributed by atoms with Gasteiger partial charge in [0.15, 0.2) is 6.10 Å². The second-order valence-corrected chi connectivity index (χ2v) is 7.17. The molecule has 0 unspecified atom stereocenters. The zero-order valence-corrected chi connectivity index (χ0v) is 17.0. The molecule has 0 radical (unpaired) electrons. The summed E-state index contributed by atoms with van der Waals surface area (Å²) >= 11 is 0. The number of hydrogen-bond acceptors (Lipinski definition) is 5. The highest BCUT2D eigenvalue weighted by atomic mass is 16.5. The molecule has 3 rings (SSSR count). The molecule has 1 aromatic heterocycles. The number of carbonyl (C=O) groups excluding carboxylic acids is 3. The lowest BCUT2D eigenvalue weighted by atomic mass is 10.1. The molecular weight excluding hydrogens is 382 g/mol. The first kappa shape index (κ1) is 21.0. The van der Waals surface area contributed by atoms with Gasteiger partial charge in [0, 0.05) is 22.7 Å². The number of benzene rings is 2. The molecule has 0 saturated carbocycles. The summed E-state index contributed by atoms with van der Waals surface area (Å²) in [6, 6.07) is 17.5. The Labute approximate surface area is 174 Å². The Balaban J connectivity index is 1.62. The number of esters is 1. The van der Waals surface area contributed by atoms with Crippen molar-refractivity contribution in [1.29, 1.82) is 0 Å². The predicted molar refractivity (Wildman–Crippen MR) is 113 cm³/mol. The van der Waals surface area contributed by atoms with Crippen molar-refractivity contribution >= 4 is 23.3 Å². The number of rotatable bonds is 7. The molecule has 0 fully saturated rings. The fraction of sp³-hybridized carbons (Fsp3) is 0.217. The number of nitrogens with zero attached hydrogens (tertiary/aromatic N) is 1. The van der Waals surface area contributed by atoms with Crippen LogP contribution in [0.2, 0.25) is 0 Å². The Morgan fingerprint density at radius 1 is 0.967 bits per heavy atom. The molecule has 0 spiro atoms. The summed E-state index contributed by atoms with van der Waals surface area (Å²) < 4.78 is 5.30. The fourth-order valence-corrected chi connectivity index (χ4v) is 2.70. The molecule has 0 bridgehead atoms. The monoisotopic (exact) mass is 405 g/mol. The summed E-state index contributed by atoms with van der Waals surface area (Å²) in [5.74, 6) is -1.25. The van der Waals surface area contributed by atoms with Crippen LogP contribution in [0.15, 0.2) is 60.7 Å². The molecule has 1 amide bonds. The molecule has 2 N–H and O–H groups in total. The van der Waals surface area contributed by atoms with E-state index in [2.05, 4.69) is 15.5 Å². The summed E-state index contributed by atoms with van der Waals surface area (Å²) in [5, 5.41) is 9.52. The number of nitrogens with one attached hydrogen (secondary N) is 2. The zero-order valence-electron chi connectivity index (χ0n) is 17.0. The number of ether oxygens (including phenoxy) is 1. The molecule has 0 aliphatic carbocycles. The number of H-pyrrole nitrogens is 1. The van der Waals surface area contributed by atoms with Crippen LogP contribution in [0.4, 0.5) is 5.69 Å². The summed E-state index contributed by atoms with van der Waals surface area (Å²) in [6.45, 7) is 5.11. The van der Waals surface area contributed by atoms with Gasteiger partial charge in [-0.3, -0.25) is 14.7 Å². The SMILES string of the molecule is CC(C)C(=O)Nc1ccc(C(=O)[C@@H](C)OC(=O)c2cc(-c3ccccc3)n[nH]2)cc1. The number of hydrogen-bond donors (Lipinski definition) is 2. The van der Waals surface area contributed by atoms with Crippen LogP contribution in [-0.2, 0) is 9.53 Å². The molecule has 7 heteroatoms. The van der Waals surface area contributed by atoms with E-state index in [1.165, 1.54) is 6.92 Å². The summed E-state index contributed by atoms with van der Waals surface area (Å²) in [7, 11) is 0. The molecule has 0 aliphatic rings. The van der Waals surface area contributed by atoms with E-state index in [4.69, 9.17) is 4.74 Å². The minimum atomic E-state index is -0.975. The molecule has 154 valence electrons. The van der Waals surface area contributed by atoms with Crippen molar-refractivity contribution in [3.8, 4) is 11.3 Å². The molecule has 2 aromatic carbocycles. The van der Waals surface area contributed by atoms with Gasteiger partial charge in [-0.2, -0.15) is 5.10 Å². The van der Waals surface area contributed by atoms with E-state index in [-0.39, 0.29) is 23.3 Å². The number of anilines is 1. The lowest BCUT2D eigenvalue weighted by Crippen LogP contribution is -2.24. The standard InChI is InChI=1S/C23H23N3O4/c1-14(2)22(28)24-18-11-9-17(10-12-18)21(27)15(3)30-23(29)20-13-19(25-26-20)16-7-5-4-6-8-16/h4-15H,1-3H3,(H,24,28)(H,25,26)/t15-/m1/s1. The van der Waals surface area contributed by atoms with Crippen LogP contribution in [-0.4, -0.2) is 34.0 Å². The van der Waals surface area contributed by atoms with E-state index < -0.39 is 12.1 Å². The van der Waals surface area contributed by atoms with E-state index in [1.807, 2.05) is 30.3 Å². The smallest absolute Gasteiger partial charge is 0.357 e. The van der Waals surface area contributed by atoms with Crippen molar-refractivity contribution in [1.82, 2.24) is 10.2 Å². The van der Waals surface area contributed by atoms with E-state index >= 15 is 0 Å². The number of aromatic amines is 1. The van der Waals surface area contributed by atoms with Gasteiger partial charge >= 0.3 is 5.97 Å². The van der Waals surface area contributed by atoms with E-state index in [0.717, 1.165) is 5.56 Å². The Kier molecular flexibility index (Phi) is 6.41. The quantitative estimate of drug-likeness (QED) is 0.455. The van der Waals surface area contributed by atoms with Crippen LogP contribution in [0, 0.1) is 5.92 Å². The van der Waals surface area contributed by atoms with Crippen molar-refractivity contribution < 1.29 is 19.1 Å². The molecule has 30 heavy (non-hydrogen) atoms. The fourth-order valence-electron chi connectivity index (χ4n) is 2.70. The number of amides is 1. The van der Waals surface area contributed by atoms with Crippen molar-refractivity contribution in [3.05, 3.63) is 71.9 Å². The van der Waals surface area contributed by atoms with Gasteiger partial charge in [0.1, 0.15) is 5.69 Å². The lowest BCUT2D eigenvalue weighted by Gasteiger charge is -2.12. The van der Waals surface area contributed by atoms with E-state index in [0.29, 0.717) is 16.9 Å². The highest BCUT2D eigenvalue weighted by Gasteiger charge is 2.22. The number of aromatic nitrogens is 2.